The van der Waals surface area contributed by atoms with E-state index in [0.29, 0.717) is 34.9 Å². The van der Waals surface area contributed by atoms with E-state index in [1.165, 1.54) is 84.0 Å². The minimum absolute atomic E-state index is 0.605. The Bertz CT molecular complexity index is 5650. The second-order valence-electron chi connectivity index (χ2n) is 23.2. The predicted octanol–water partition coefficient (Wildman–Crippen LogP) is 22.3. The van der Waals surface area contributed by atoms with Crippen LogP contribution >= 0.6 is 22.2 Å². The molecule has 0 saturated carbocycles. The van der Waals surface area contributed by atoms with E-state index in [0.717, 1.165) is 61.0 Å². The molecule has 0 bridgehead atoms. The first-order chi connectivity index (χ1) is 45.6. The van der Waals surface area contributed by atoms with Gasteiger partial charge < -0.3 is 0 Å². The number of aromatic nitrogens is 6. The quantitative estimate of drug-likeness (QED) is 0.109. The summed E-state index contributed by atoms with van der Waals surface area (Å²) in [6.45, 7) is 0. The van der Waals surface area contributed by atoms with Crippen LogP contribution in [0.1, 0.15) is 0 Å². The van der Waals surface area contributed by atoms with Crippen molar-refractivity contribution in [3.8, 4) is 113 Å². The summed E-state index contributed by atoms with van der Waals surface area (Å²) in [5.74, 6) is 3.71. The van der Waals surface area contributed by atoms with E-state index in [2.05, 4.69) is 255 Å². The van der Waals surface area contributed by atoms with Crippen LogP contribution in [-0.4, -0.2) is 29.9 Å². The van der Waals surface area contributed by atoms with Gasteiger partial charge in [0.2, 0.25) is 0 Å². The van der Waals surface area contributed by atoms with Crippen LogP contribution in [0.25, 0.3) is 165 Å². The summed E-state index contributed by atoms with van der Waals surface area (Å²) >= 11 is 1.80. The predicted molar refractivity (Wildman–Crippen MR) is 383 cm³/mol. The van der Waals surface area contributed by atoms with Gasteiger partial charge in [-0.1, -0.05) is 267 Å². The maximum atomic E-state index is 5.46. The van der Waals surface area contributed by atoms with Gasteiger partial charge in [0.25, 0.3) is 0 Å². The number of fused-ring (bicyclic) bond motifs is 12. The monoisotopic (exact) mass is 1210 g/mol. The summed E-state index contributed by atoms with van der Waals surface area (Å²) in [7, 11) is -1.13. The molecule has 0 spiro atoms. The Morgan fingerprint density at radius 3 is 1.10 bits per heavy atom. The van der Waals surface area contributed by atoms with Gasteiger partial charge in [0.1, 0.15) is 0 Å². The molecule has 92 heavy (non-hydrogen) atoms. The molecular formula is C84H52N6S2. The van der Waals surface area contributed by atoms with Crippen molar-refractivity contribution >= 4 is 74.7 Å². The van der Waals surface area contributed by atoms with E-state index in [4.69, 9.17) is 29.9 Å². The van der Waals surface area contributed by atoms with Crippen molar-refractivity contribution in [2.24, 2.45) is 0 Å². The van der Waals surface area contributed by atoms with E-state index in [9.17, 15) is 0 Å². The number of benzene rings is 14. The maximum absolute atomic E-state index is 5.46. The highest BCUT2D eigenvalue weighted by molar-refractivity contribution is 8.17. The lowest BCUT2D eigenvalue weighted by molar-refractivity contribution is 1.07. The third-order valence-corrected chi connectivity index (χ3v) is 21.6. The number of hydrogen-bond acceptors (Lipinski definition) is 7. The van der Waals surface area contributed by atoms with Crippen LogP contribution in [0, 0.1) is 0 Å². The highest BCUT2D eigenvalue weighted by Gasteiger charge is 2.34. The molecule has 1 aliphatic heterocycles. The molecule has 0 aliphatic carbocycles. The van der Waals surface area contributed by atoms with E-state index < -0.39 is 10.9 Å². The van der Waals surface area contributed by atoms with E-state index in [1.54, 1.807) is 11.3 Å². The highest BCUT2D eigenvalue weighted by atomic mass is 32.2. The Hall–Kier alpha value is -11.6. The third-order valence-electron chi connectivity index (χ3n) is 17.9. The van der Waals surface area contributed by atoms with Crippen molar-refractivity contribution in [1.82, 2.24) is 29.9 Å². The average molecular weight is 1210 g/mol. The third kappa shape index (κ3) is 9.10. The van der Waals surface area contributed by atoms with Crippen LogP contribution in [0.4, 0.5) is 0 Å². The normalized spacial score (nSPS) is 13.1. The molecule has 1 atom stereocenters. The number of thiophene rings is 1. The summed E-state index contributed by atoms with van der Waals surface area (Å²) in [4.78, 5) is 35.7. The SMILES string of the molecule is c1ccc(-c2ccc(-c3cccc4sc5cccc(-c6nc(-c7ccccc7)nc(-c7ccc([SH]8c9cccc(-c%10ccc%11c%12ccccc%12c%12ccccc%12c%11c%10)c9-c9c(-c%10nc(-c%11ccccc%11)nc(-c%11ccccc%11)n%10)cccc98)cc7)n6)c5c34)cc2)cc1. The summed E-state index contributed by atoms with van der Waals surface area (Å²) in [6, 6.07) is 111. The molecule has 4 heterocycles. The molecule has 14 aromatic carbocycles. The molecule has 0 radical (unpaired) electrons. The zero-order valence-corrected chi connectivity index (χ0v) is 51.2. The summed E-state index contributed by atoms with van der Waals surface area (Å²) < 4.78 is 2.39. The molecule has 17 aromatic rings. The Labute approximate surface area is 538 Å². The number of rotatable bonds is 10. The molecule has 430 valence electrons. The molecule has 3 aromatic heterocycles. The summed E-state index contributed by atoms with van der Waals surface area (Å²) in [6.07, 6.45) is 0. The Morgan fingerprint density at radius 1 is 0.217 bits per heavy atom. The van der Waals surface area contributed by atoms with E-state index >= 15 is 0 Å². The lowest BCUT2D eigenvalue weighted by atomic mass is 9.88. The summed E-state index contributed by atoms with van der Waals surface area (Å²) in [5, 5.41) is 9.78. The Kier molecular flexibility index (Phi) is 12.9. The van der Waals surface area contributed by atoms with E-state index in [-0.39, 0.29) is 0 Å². The topological polar surface area (TPSA) is 77.3 Å². The number of hydrogen-bond donors (Lipinski definition) is 1. The first kappa shape index (κ1) is 53.5. The molecule has 18 rings (SSSR count). The molecule has 0 fully saturated rings. The van der Waals surface area contributed by atoms with Gasteiger partial charge in [-0.05, 0) is 113 Å². The van der Waals surface area contributed by atoms with Crippen molar-refractivity contribution in [1.29, 1.82) is 0 Å². The number of thiol groups is 1. The highest BCUT2D eigenvalue weighted by Crippen LogP contribution is 2.66. The van der Waals surface area contributed by atoms with Crippen LogP contribution < -0.4 is 0 Å². The van der Waals surface area contributed by atoms with Crippen LogP contribution in [0.3, 0.4) is 0 Å². The van der Waals surface area contributed by atoms with Crippen molar-refractivity contribution in [2.75, 3.05) is 0 Å². The molecule has 6 nitrogen and oxygen atoms in total. The second-order valence-corrected chi connectivity index (χ2v) is 26.5. The molecule has 0 saturated heterocycles. The lowest BCUT2D eigenvalue weighted by Crippen LogP contribution is -2.01. The van der Waals surface area contributed by atoms with Crippen molar-refractivity contribution in [3.05, 3.63) is 309 Å². The molecule has 1 aliphatic rings. The maximum Gasteiger partial charge on any atom is 0.164 e. The zero-order valence-electron chi connectivity index (χ0n) is 49.5. The fraction of sp³-hybridized carbons (Fsp3) is 0. The van der Waals surface area contributed by atoms with Crippen LogP contribution in [0.5, 0.6) is 0 Å². The fourth-order valence-corrected chi connectivity index (χ4v) is 17.5. The standard InChI is InChI=1S/C84H52N6S2/c1-5-21-52(22-6-1)53-41-43-54(44-42-53)61-33-17-37-71-75(61)76-68(35-18-38-72(76)91-71)83-87-81(57-27-11-4-12-28-57)86-82(90-83)58-45-48-60(49-46-58)92-73-39-19-34-62(59-47-50-67-65-31-14-13-29-63(65)64-30-15-16-32-66(64)70(67)51-59)77(73)78-69(36-20-40-74(78)92)84-88-79(55-23-7-2-8-24-55)85-80(89-84)56-25-9-3-10-26-56/h1-51,92H. The first-order valence-electron chi connectivity index (χ1n) is 30.9. The van der Waals surface area contributed by atoms with Gasteiger partial charge in [-0.25, -0.2) is 29.9 Å². The smallest absolute Gasteiger partial charge is 0.164 e. The summed E-state index contributed by atoms with van der Waals surface area (Å²) in [5.41, 5.74) is 14.9. The van der Waals surface area contributed by atoms with Gasteiger partial charge in [0.05, 0.1) is 0 Å². The van der Waals surface area contributed by atoms with E-state index in [1.807, 2.05) is 54.6 Å². The zero-order chi connectivity index (χ0) is 60.6. The van der Waals surface area contributed by atoms with Crippen LogP contribution in [0.15, 0.2) is 324 Å². The van der Waals surface area contributed by atoms with Gasteiger partial charge in [0.15, 0.2) is 34.9 Å². The van der Waals surface area contributed by atoms with Gasteiger partial charge >= 0.3 is 0 Å². The Morgan fingerprint density at radius 2 is 0.565 bits per heavy atom. The van der Waals surface area contributed by atoms with Gasteiger partial charge in [0, 0.05) is 74.5 Å². The van der Waals surface area contributed by atoms with Gasteiger partial charge in [-0.3, -0.25) is 0 Å². The van der Waals surface area contributed by atoms with Crippen molar-refractivity contribution in [2.45, 2.75) is 14.7 Å². The largest absolute Gasteiger partial charge is 0.208 e. The minimum atomic E-state index is -1.13. The van der Waals surface area contributed by atoms with Crippen molar-refractivity contribution < 1.29 is 0 Å². The molecule has 1 unspecified atom stereocenters. The second kappa shape index (κ2) is 22.2. The average Bonchev–Trinajstić information content (AvgIpc) is 1.49. The number of nitrogens with zero attached hydrogens (tertiary/aromatic N) is 6. The van der Waals surface area contributed by atoms with Crippen molar-refractivity contribution in [3.63, 3.8) is 0 Å². The lowest BCUT2D eigenvalue weighted by Gasteiger charge is -2.20. The Balaban J connectivity index is 0.803. The van der Waals surface area contributed by atoms with Crippen LogP contribution in [-0.2, 0) is 0 Å². The molecule has 0 N–H and O–H groups in total. The fourth-order valence-electron chi connectivity index (χ4n) is 13.7. The molecular weight excluding hydrogens is 1160 g/mol. The first-order valence-corrected chi connectivity index (χ1v) is 33.1. The van der Waals surface area contributed by atoms with Gasteiger partial charge in [-0.15, -0.1) is 11.3 Å². The molecule has 8 heteroatoms. The van der Waals surface area contributed by atoms with Gasteiger partial charge in [-0.2, -0.15) is 10.9 Å². The molecule has 0 amide bonds. The van der Waals surface area contributed by atoms with Crippen LogP contribution in [0.2, 0.25) is 0 Å². The minimum Gasteiger partial charge on any atom is -0.208 e.